The van der Waals surface area contributed by atoms with Gasteiger partial charge in [0.25, 0.3) is 0 Å². The van der Waals surface area contributed by atoms with Crippen LogP contribution < -0.4 is 10.6 Å². The van der Waals surface area contributed by atoms with Crippen molar-refractivity contribution >= 4 is 5.91 Å². The first-order valence-electron chi connectivity index (χ1n) is 7.71. The number of carbonyl (C=O) groups is 1. The minimum atomic E-state index is -0.121. The summed E-state index contributed by atoms with van der Waals surface area (Å²) in [6.45, 7) is 6.61. The molecule has 0 aliphatic rings. The Morgan fingerprint density at radius 2 is 1.64 bits per heavy atom. The van der Waals surface area contributed by atoms with E-state index in [4.69, 9.17) is 0 Å². The van der Waals surface area contributed by atoms with Gasteiger partial charge in [-0.05, 0) is 16.7 Å². The molecule has 3 heteroatoms. The van der Waals surface area contributed by atoms with E-state index in [2.05, 4.69) is 36.6 Å². The highest BCUT2D eigenvalue weighted by molar-refractivity contribution is 5.74. The van der Waals surface area contributed by atoms with Gasteiger partial charge in [-0.3, -0.25) is 4.79 Å². The molecule has 0 saturated carbocycles. The van der Waals surface area contributed by atoms with Gasteiger partial charge in [-0.25, -0.2) is 0 Å². The average molecular weight is 296 g/mol. The van der Waals surface area contributed by atoms with Gasteiger partial charge in [-0.2, -0.15) is 0 Å². The first-order valence-corrected chi connectivity index (χ1v) is 7.71. The molecule has 0 radical (unpaired) electrons. The Morgan fingerprint density at radius 3 is 2.27 bits per heavy atom. The fourth-order valence-electron chi connectivity index (χ4n) is 2.48. The third kappa shape index (κ3) is 4.43. The maximum atomic E-state index is 11.7. The van der Waals surface area contributed by atoms with Gasteiger partial charge in [0.1, 0.15) is 0 Å². The van der Waals surface area contributed by atoms with Crippen LogP contribution in [-0.2, 0) is 11.3 Å². The van der Waals surface area contributed by atoms with Crippen molar-refractivity contribution < 1.29 is 4.79 Å². The quantitative estimate of drug-likeness (QED) is 0.857. The van der Waals surface area contributed by atoms with E-state index in [1.54, 1.807) is 6.92 Å². The van der Waals surface area contributed by atoms with Gasteiger partial charge in [0, 0.05) is 19.5 Å². The van der Waals surface area contributed by atoms with Gasteiger partial charge < -0.3 is 10.6 Å². The predicted molar refractivity (Wildman–Crippen MR) is 90.5 cm³/mol. The molecule has 1 amide bonds. The average Bonchev–Trinajstić information content (AvgIpc) is 2.51. The first kappa shape index (κ1) is 16.2. The number of nitrogens with one attached hydrogen (secondary N) is 2. The molecule has 3 nitrogen and oxygen atoms in total. The van der Waals surface area contributed by atoms with E-state index in [0.717, 1.165) is 17.7 Å². The summed E-state index contributed by atoms with van der Waals surface area (Å²) < 4.78 is 0. The summed E-state index contributed by atoms with van der Waals surface area (Å²) in [7, 11) is 0. The molecule has 0 fully saturated rings. The van der Waals surface area contributed by atoms with Crippen molar-refractivity contribution in [3.63, 3.8) is 0 Å². The normalized spacial score (nSPS) is 12.2. The summed E-state index contributed by atoms with van der Waals surface area (Å²) in [6, 6.07) is 18.6. The summed E-state index contributed by atoms with van der Waals surface area (Å²) in [5, 5.41) is 6.52. The molecule has 2 aromatic rings. The lowest BCUT2D eigenvalue weighted by Crippen LogP contribution is -2.29. The van der Waals surface area contributed by atoms with Crippen LogP contribution in [0.2, 0.25) is 0 Å². The van der Waals surface area contributed by atoms with Crippen LogP contribution in [0.5, 0.6) is 0 Å². The topological polar surface area (TPSA) is 41.1 Å². The lowest BCUT2D eigenvalue weighted by atomic mass is 9.94. The Kier molecular flexibility index (Phi) is 5.73. The third-order valence-corrected chi connectivity index (χ3v) is 3.55. The molecule has 1 atom stereocenters. The highest BCUT2D eigenvalue weighted by Gasteiger charge is 2.17. The third-order valence-electron chi connectivity index (χ3n) is 3.55. The van der Waals surface area contributed by atoms with Gasteiger partial charge in [-0.1, -0.05) is 68.4 Å². The van der Waals surface area contributed by atoms with E-state index in [0.29, 0.717) is 6.04 Å². The second-order valence-corrected chi connectivity index (χ2v) is 5.78. The van der Waals surface area contributed by atoms with Crippen LogP contribution in [0.4, 0.5) is 0 Å². The summed E-state index contributed by atoms with van der Waals surface area (Å²) in [5.74, 6) is -0.0273. The van der Waals surface area contributed by atoms with Crippen molar-refractivity contribution in [2.75, 3.05) is 0 Å². The van der Waals surface area contributed by atoms with Crippen molar-refractivity contribution in [1.82, 2.24) is 10.6 Å². The van der Waals surface area contributed by atoms with Gasteiger partial charge in [-0.15, -0.1) is 0 Å². The van der Waals surface area contributed by atoms with E-state index in [-0.39, 0.29) is 11.9 Å². The van der Waals surface area contributed by atoms with Crippen LogP contribution in [0, 0.1) is 0 Å². The number of benzene rings is 2. The molecule has 1 unspecified atom stereocenters. The van der Waals surface area contributed by atoms with E-state index in [1.165, 1.54) is 5.56 Å². The standard InChI is InChI=1S/C19H24N2O/c1-14(2)20-13-17-11-7-8-12-18(17)19(21-15(3)22)16-9-5-4-6-10-16/h4-12,14,19-20H,13H2,1-3H3,(H,21,22). The maximum Gasteiger partial charge on any atom is 0.217 e. The van der Waals surface area contributed by atoms with E-state index in [9.17, 15) is 4.79 Å². The molecule has 22 heavy (non-hydrogen) atoms. The van der Waals surface area contributed by atoms with E-state index in [1.807, 2.05) is 42.5 Å². The van der Waals surface area contributed by atoms with Gasteiger partial charge in [0.2, 0.25) is 5.91 Å². The van der Waals surface area contributed by atoms with Crippen LogP contribution in [0.25, 0.3) is 0 Å². The minimum absolute atomic E-state index is 0.0273. The number of carbonyl (C=O) groups excluding carboxylic acids is 1. The second-order valence-electron chi connectivity index (χ2n) is 5.78. The molecule has 0 saturated heterocycles. The fourth-order valence-corrected chi connectivity index (χ4v) is 2.48. The van der Waals surface area contributed by atoms with Crippen molar-refractivity contribution in [2.24, 2.45) is 0 Å². The number of hydrogen-bond donors (Lipinski definition) is 2. The molecule has 0 aliphatic carbocycles. The molecule has 0 bridgehead atoms. The Bertz CT molecular complexity index is 608. The summed E-state index contributed by atoms with van der Waals surface area (Å²) in [6.07, 6.45) is 0. The van der Waals surface area contributed by atoms with Crippen LogP contribution in [0.15, 0.2) is 54.6 Å². The van der Waals surface area contributed by atoms with Crippen LogP contribution >= 0.6 is 0 Å². The zero-order chi connectivity index (χ0) is 15.9. The molecule has 2 aromatic carbocycles. The van der Waals surface area contributed by atoms with E-state index < -0.39 is 0 Å². The molecule has 0 aromatic heterocycles. The lowest BCUT2D eigenvalue weighted by Gasteiger charge is -2.22. The molecular formula is C19H24N2O. The zero-order valence-electron chi connectivity index (χ0n) is 13.5. The molecule has 0 aliphatic heterocycles. The molecule has 116 valence electrons. The number of amides is 1. The molecule has 0 spiro atoms. The number of hydrogen-bond acceptors (Lipinski definition) is 2. The summed E-state index contributed by atoms with van der Waals surface area (Å²) >= 11 is 0. The largest absolute Gasteiger partial charge is 0.345 e. The van der Waals surface area contributed by atoms with Crippen molar-refractivity contribution in [1.29, 1.82) is 0 Å². The number of rotatable bonds is 6. The smallest absolute Gasteiger partial charge is 0.217 e. The van der Waals surface area contributed by atoms with Gasteiger partial charge in [0.05, 0.1) is 6.04 Å². The Labute approximate surface area is 132 Å². The first-order chi connectivity index (χ1) is 10.6. The van der Waals surface area contributed by atoms with E-state index >= 15 is 0 Å². The van der Waals surface area contributed by atoms with Crippen molar-refractivity contribution in [3.8, 4) is 0 Å². The fraction of sp³-hybridized carbons (Fsp3) is 0.316. The van der Waals surface area contributed by atoms with Crippen molar-refractivity contribution in [2.45, 2.75) is 39.4 Å². The Hall–Kier alpha value is -2.13. The van der Waals surface area contributed by atoms with Crippen LogP contribution in [-0.4, -0.2) is 11.9 Å². The molecule has 2 rings (SSSR count). The second kappa shape index (κ2) is 7.76. The van der Waals surface area contributed by atoms with Gasteiger partial charge in [0.15, 0.2) is 0 Å². The minimum Gasteiger partial charge on any atom is -0.345 e. The van der Waals surface area contributed by atoms with Crippen LogP contribution in [0.3, 0.4) is 0 Å². The summed E-state index contributed by atoms with van der Waals surface area (Å²) in [4.78, 5) is 11.7. The Balaban J connectivity index is 2.37. The predicted octanol–water partition coefficient (Wildman–Crippen LogP) is 3.41. The zero-order valence-corrected chi connectivity index (χ0v) is 13.5. The SMILES string of the molecule is CC(=O)NC(c1ccccc1)c1ccccc1CNC(C)C. The van der Waals surface area contributed by atoms with Gasteiger partial charge >= 0.3 is 0 Å². The monoisotopic (exact) mass is 296 g/mol. The van der Waals surface area contributed by atoms with Crippen LogP contribution in [0.1, 0.15) is 43.5 Å². The maximum absolute atomic E-state index is 11.7. The van der Waals surface area contributed by atoms with Crippen molar-refractivity contribution in [3.05, 3.63) is 71.3 Å². The molecule has 2 N–H and O–H groups in total. The highest BCUT2D eigenvalue weighted by Crippen LogP contribution is 2.25. The molecule has 0 heterocycles. The lowest BCUT2D eigenvalue weighted by molar-refractivity contribution is -0.119. The Morgan fingerprint density at radius 1 is 1.00 bits per heavy atom. The summed E-state index contributed by atoms with van der Waals surface area (Å²) in [5.41, 5.74) is 3.44. The molecular weight excluding hydrogens is 272 g/mol. The highest BCUT2D eigenvalue weighted by atomic mass is 16.1.